The third-order valence-corrected chi connectivity index (χ3v) is 3.76. The van der Waals surface area contributed by atoms with E-state index in [9.17, 15) is 0 Å². The van der Waals surface area contributed by atoms with Crippen LogP contribution in [0.3, 0.4) is 0 Å². The van der Waals surface area contributed by atoms with Gasteiger partial charge in [0.25, 0.3) is 0 Å². The fourth-order valence-electron chi connectivity index (χ4n) is 2.26. The standard InChI is InChI=1S/C21H27NO/c1-3-5-7-18-8-12-20(13-9-18)22-17-19-10-14-21(15-11-19)23-16-6-4-2/h8-15,17H,3-7,16H2,1-2H3. The van der Waals surface area contributed by atoms with Crippen LogP contribution in [0.5, 0.6) is 5.75 Å². The molecule has 0 aliphatic carbocycles. The zero-order valence-electron chi connectivity index (χ0n) is 14.3. The van der Waals surface area contributed by atoms with Crippen molar-refractivity contribution in [1.29, 1.82) is 0 Å². The molecule has 0 fully saturated rings. The van der Waals surface area contributed by atoms with Crippen molar-refractivity contribution in [2.45, 2.75) is 46.0 Å². The summed E-state index contributed by atoms with van der Waals surface area (Å²) in [6.45, 7) is 5.17. The molecule has 0 atom stereocenters. The molecule has 0 saturated carbocycles. The Morgan fingerprint density at radius 2 is 1.57 bits per heavy atom. The molecule has 23 heavy (non-hydrogen) atoms. The lowest BCUT2D eigenvalue weighted by Gasteiger charge is -2.05. The number of nitrogens with zero attached hydrogens (tertiary/aromatic N) is 1. The van der Waals surface area contributed by atoms with E-state index >= 15 is 0 Å². The predicted octanol–water partition coefficient (Wildman–Crippen LogP) is 5.96. The lowest BCUT2D eigenvalue weighted by molar-refractivity contribution is 0.309. The van der Waals surface area contributed by atoms with Crippen LogP contribution >= 0.6 is 0 Å². The summed E-state index contributed by atoms with van der Waals surface area (Å²) in [6.07, 6.45) is 7.78. The lowest BCUT2D eigenvalue weighted by Crippen LogP contribution is -1.96. The molecule has 0 radical (unpaired) electrons. The summed E-state index contributed by atoms with van der Waals surface area (Å²) in [5.41, 5.74) is 3.47. The summed E-state index contributed by atoms with van der Waals surface area (Å²) in [7, 11) is 0. The average molecular weight is 309 g/mol. The predicted molar refractivity (Wildman–Crippen MR) is 99.2 cm³/mol. The average Bonchev–Trinajstić information content (AvgIpc) is 2.60. The van der Waals surface area contributed by atoms with Gasteiger partial charge in [0, 0.05) is 6.21 Å². The Balaban J connectivity index is 1.89. The molecule has 0 unspecified atom stereocenters. The molecule has 0 spiro atoms. The highest BCUT2D eigenvalue weighted by molar-refractivity contribution is 5.82. The summed E-state index contributed by atoms with van der Waals surface area (Å²) in [6, 6.07) is 16.6. The Kier molecular flexibility index (Phi) is 7.38. The van der Waals surface area contributed by atoms with Gasteiger partial charge in [-0.05, 0) is 66.8 Å². The zero-order chi connectivity index (χ0) is 16.3. The first-order valence-electron chi connectivity index (χ1n) is 8.67. The van der Waals surface area contributed by atoms with Crippen LogP contribution in [0.4, 0.5) is 5.69 Å². The number of hydrogen-bond donors (Lipinski definition) is 0. The van der Waals surface area contributed by atoms with Gasteiger partial charge in [0.05, 0.1) is 12.3 Å². The van der Waals surface area contributed by atoms with Gasteiger partial charge < -0.3 is 4.74 Å². The number of benzene rings is 2. The molecule has 2 aromatic carbocycles. The lowest BCUT2D eigenvalue weighted by atomic mass is 10.1. The molecule has 0 N–H and O–H groups in total. The first-order chi connectivity index (χ1) is 11.3. The van der Waals surface area contributed by atoms with Crippen LogP contribution in [0.15, 0.2) is 53.5 Å². The fourth-order valence-corrected chi connectivity index (χ4v) is 2.26. The minimum absolute atomic E-state index is 0.786. The summed E-state index contributed by atoms with van der Waals surface area (Å²) in [4.78, 5) is 4.54. The summed E-state index contributed by atoms with van der Waals surface area (Å²) in [5, 5.41) is 0. The van der Waals surface area contributed by atoms with Crippen molar-refractivity contribution < 1.29 is 4.74 Å². The van der Waals surface area contributed by atoms with Crippen LogP contribution in [0.25, 0.3) is 0 Å². The minimum Gasteiger partial charge on any atom is -0.494 e. The van der Waals surface area contributed by atoms with Crippen LogP contribution in [0, 0.1) is 0 Å². The van der Waals surface area contributed by atoms with E-state index in [1.807, 2.05) is 30.5 Å². The zero-order valence-corrected chi connectivity index (χ0v) is 14.3. The highest BCUT2D eigenvalue weighted by atomic mass is 16.5. The Hall–Kier alpha value is -2.09. The molecule has 0 aliphatic heterocycles. The summed E-state index contributed by atoms with van der Waals surface area (Å²) < 4.78 is 5.67. The fraction of sp³-hybridized carbons (Fsp3) is 0.381. The molecule has 2 aromatic rings. The molecule has 2 nitrogen and oxygen atoms in total. The van der Waals surface area contributed by atoms with E-state index in [0.717, 1.165) is 42.9 Å². The van der Waals surface area contributed by atoms with Gasteiger partial charge in [0.1, 0.15) is 5.75 Å². The number of ether oxygens (including phenoxy) is 1. The largest absolute Gasteiger partial charge is 0.494 e. The van der Waals surface area contributed by atoms with Crippen LogP contribution in [-0.4, -0.2) is 12.8 Å². The summed E-state index contributed by atoms with van der Waals surface area (Å²) >= 11 is 0. The Morgan fingerprint density at radius 1 is 0.870 bits per heavy atom. The third kappa shape index (κ3) is 6.27. The Bertz CT molecular complexity index is 584. The van der Waals surface area contributed by atoms with E-state index in [-0.39, 0.29) is 0 Å². The molecule has 2 rings (SSSR count). The maximum atomic E-state index is 5.67. The second kappa shape index (κ2) is 9.83. The van der Waals surface area contributed by atoms with E-state index in [0.29, 0.717) is 0 Å². The van der Waals surface area contributed by atoms with Gasteiger partial charge in [-0.2, -0.15) is 0 Å². The van der Waals surface area contributed by atoms with E-state index < -0.39 is 0 Å². The van der Waals surface area contributed by atoms with Gasteiger partial charge in [-0.1, -0.05) is 38.8 Å². The van der Waals surface area contributed by atoms with Crippen molar-refractivity contribution >= 4 is 11.9 Å². The number of aryl methyl sites for hydroxylation is 1. The highest BCUT2D eigenvalue weighted by Crippen LogP contribution is 2.16. The van der Waals surface area contributed by atoms with Crippen LogP contribution in [0.1, 0.15) is 50.7 Å². The van der Waals surface area contributed by atoms with Gasteiger partial charge in [-0.25, -0.2) is 0 Å². The van der Waals surface area contributed by atoms with Crippen molar-refractivity contribution in [3.05, 3.63) is 59.7 Å². The third-order valence-electron chi connectivity index (χ3n) is 3.76. The molecule has 122 valence electrons. The smallest absolute Gasteiger partial charge is 0.119 e. The maximum Gasteiger partial charge on any atom is 0.119 e. The number of hydrogen-bond acceptors (Lipinski definition) is 2. The van der Waals surface area contributed by atoms with Crippen LogP contribution < -0.4 is 4.74 Å². The highest BCUT2D eigenvalue weighted by Gasteiger charge is 1.95. The van der Waals surface area contributed by atoms with Crippen molar-refractivity contribution in [3.8, 4) is 5.75 Å². The van der Waals surface area contributed by atoms with Crippen molar-refractivity contribution in [2.75, 3.05) is 6.61 Å². The normalized spacial score (nSPS) is 11.0. The van der Waals surface area contributed by atoms with E-state index in [2.05, 4.69) is 43.1 Å². The quantitative estimate of drug-likeness (QED) is 0.414. The van der Waals surface area contributed by atoms with Crippen molar-refractivity contribution in [1.82, 2.24) is 0 Å². The molecule has 0 amide bonds. The van der Waals surface area contributed by atoms with Crippen LogP contribution in [-0.2, 0) is 6.42 Å². The first kappa shape index (κ1) is 17.3. The molecular formula is C21H27NO. The first-order valence-corrected chi connectivity index (χ1v) is 8.67. The van der Waals surface area contributed by atoms with Crippen molar-refractivity contribution in [2.24, 2.45) is 4.99 Å². The van der Waals surface area contributed by atoms with Gasteiger partial charge in [-0.3, -0.25) is 4.99 Å². The SMILES string of the molecule is CCCCOc1ccc(C=Nc2ccc(CCCC)cc2)cc1. The molecule has 0 aliphatic rings. The Morgan fingerprint density at radius 3 is 2.22 bits per heavy atom. The van der Waals surface area contributed by atoms with Gasteiger partial charge in [-0.15, -0.1) is 0 Å². The van der Waals surface area contributed by atoms with Gasteiger partial charge in [0.2, 0.25) is 0 Å². The van der Waals surface area contributed by atoms with E-state index in [1.165, 1.54) is 18.4 Å². The van der Waals surface area contributed by atoms with Gasteiger partial charge in [0.15, 0.2) is 0 Å². The monoisotopic (exact) mass is 309 g/mol. The molecule has 0 heterocycles. The van der Waals surface area contributed by atoms with Gasteiger partial charge >= 0.3 is 0 Å². The van der Waals surface area contributed by atoms with E-state index in [4.69, 9.17) is 4.74 Å². The van der Waals surface area contributed by atoms with Crippen LogP contribution in [0.2, 0.25) is 0 Å². The second-order valence-electron chi connectivity index (χ2n) is 5.80. The number of aliphatic imine (C=N–C) groups is 1. The maximum absolute atomic E-state index is 5.67. The molecular weight excluding hydrogens is 282 g/mol. The summed E-state index contributed by atoms with van der Waals surface area (Å²) in [5.74, 6) is 0.927. The second-order valence-corrected chi connectivity index (χ2v) is 5.80. The molecule has 2 heteroatoms. The minimum atomic E-state index is 0.786. The Labute approximate surface area is 140 Å². The van der Waals surface area contributed by atoms with E-state index in [1.54, 1.807) is 0 Å². The topological polar surface area (TPSA) is 21.6 Å². The number of unbranched alkanes of at least 4 members (excludes halogenated alkanes) is 2. The molecule has 0 aromatic heterocycles. The number of rotatable bonds is 9. The molecule has 0 bridgehead atoms. The van der Waals surface area contributed by atoms with Crippen molar-refractivity contribution in [3.63, 3.8) is 0 Å². The molecule has 0 saturated heterocycles.